The van der Waals surface area contributed by atoms with Gasteiger partial charge in [0, 0.05) is 0 Å². The van der Waals surface area contributed by atoms with Gasteiger partial charge >= 0.3 is 0 Å². The van der Waals surface area contributed by atoms with Gasteiger partial charge in [0.1, 0.15) is 5.25 Å². The second kappa shape index (κ2) is 4.54. The largest absolute Gasteiger partial charge is 0.330 e. The number of sulfonamides is 1. The van der Waals surface area contributed by atoms with E-state index in [0.717, 1.165) is 0 Å². The maximum atomic E-state index is 11.2. The Labute approximate surface area is 84.0 Å². The summed E-state index contributed by atoms with van der Waals surface area (Å²) in [6.07, 6.45) is 0.350. The molecule has 1 rings (SSSR count). The van der Waals surface area contributed by atoms with E-state index in [2.05, 4.69) is 0 Å². The summed E-state index contributed by atoms with van der Waals surface area (Å²) in [7, 11) is -3.56. The zero-order valence-electron chi connectivity index (χ0n) is 7.76. The molecule has 5 heteroatoms. The molecule has 0 fully saturated rings. The maximum absolute atomic E-state index is 11.2. The smallest absolute Gasteiger partial charge is 0.216 e. The Morgan fingerprint density at radius 2 is 1.79 bits per heavy atom. The standard InChI is InChI=1S/C9H14N2O2S/c10-7-6-9(14(11,12)13)8-4-2-1-3-5-8/h1-5,9H,6-7,10H2,(H2,11,12,13). The van der Waals surface area contributed by atoms with Gasteiger partial charge in [-0.3, -0.25) is 0 Å². The lowest BCUT2D eigenvalue weighted by Crippen LogP contribution is -2.23. The first kappa shape index (κ1) is 11.2. The molecule has 1 atom stereocenters. The van der Waals surface area contributed by atoms with E-state index in [1.807, 2.05) is 6.07 Å². The van der Waals surface area contributed by atoms with Gasteiger partial charge in [-0.05, 0) is 18.5 Å². The monoisotopic (exact) mass is 214 g/mol. The van der Waals surface area contributed by atoms with E-state index in [1.165, 1.54) is 0 Å². The fraction of sp³-hybridized carbons (Fsp3) is 0.333. The Bertz CT molecular complexity index is 375. The van der Waals surface area contributed by atoms with E-state index in [4.69, 9.17) is 10.9 Å². The molecule has 0 aromatic heterocycles. The van der Waals surface area contributed by atoms with Crippen molar-refractivity contribution in [2.45, 2.75) is 11.7 Å². The van der Waals surface area contributed by atoms with Crippen LogP contribution in [0.25, 0.3) is 0 Å². The lowest BCUT2D eigenvalue weighted by Gasteiger charge is -2.13. The van der Waals surface area contributed by atoms with E-state index in [1.54, 1.807) is 24.3 Å². The third kappa shape index (κ3) is 2.80. The van der Waals surface area contributed by atoms with E-state index in [-0.39, 0.29) is 0 Å². The van der Waals surface area contributed by atoms with E-state index in [9.17, 15) is 8.42 Å². The molecular weight excluding hydrogens is 200 g/mol. The van der Waals surface area contributed by atoms with Gasteiger partial charge in [-0.1, -0.05) is 30.3 Å². The van der Waals surface area contributed by atoms with Crippen molar-refractivity contribution in [1.29, 1.82) is 0 Å². The molecule has 0 aliphatic carbocycles. The molecule has 0 spiro atoms. The summed E-state index contributed by atoms with van der Waals surface area (Å²) >= 11 is 0. The van der Waals surface area contributed by atoms with Crippen LogP contribution in [0.15, 0.2) is 30.3 Å². The van der Waals surface area contributed by atoms with Crippen molar-refractivity contribution in [3.63, 3.8) is 0 Å². The Kier molecular flexibility index (Phi) is 3.62. The summed E-state index contributed by atoms with van der Waals surface area (Å²) in [6.45, 7) is 0.302. The number of rotatable bonds is 4. The van der Waals surface area contributed by atoms with Crippen molar-refractivity contribution in [2.24, 2.45) is 10.9 Å². The number of primary sulfonamides is 1. The minimum absolute atomic E-state index is 0.302. The zero-order valence-corrected chi connectivity index (χ0v) is 8.57. The van der Waals surface area contributed by atoms with Crippen LogP contribution in [-0.2, 0) is 10.0 Å². The maximum Gasteiger partial charge on any atom is 0.216 e. The molecule has 4 nitrogen and oxygen atoms in total. The highest BCUT2D eigenvalue weighted by Crippen LogP contribution is 2.22. The second-order valence-corrected chi connectivity index (χ2v) is 4.81. The van der Waals surface area contributed by atoms with Crippen LogP contribution in [0.1, 0.15) is 17.2 Å². The predicted octanol–water partition coefficient (Wildman–Crippen LogP) is 0.365. The van der Waals surface area contributed by atoms with Gasteiger partial charge in [0.05, 0.1) is 0 Å². The first-order valence-electron chi connectivity index (χ1n) is 4.32. The quantitative estimate of drug-likeness (QED) is 0.759. The third-order valence-corrected chi connectivity index (χ3v) is 3.30. The summed E-state index contributed by atoms with van der Waals surface area (Å²) in [4.78, 5) is 0. The predicted molar refractivity (Wildman–Crippen MR) is 56.0 cm³/mol. The molecule has 4 N–H and O–H groups in total. The van der Waals surface area contributed by atoms with Gasteiger partial charge in [-0.2, -0.15) is 0 Å². The lowest BCUT2D eigenvalue weighted by molar-refractivity contribution is 0.578. The molecular formula is C9H14N2O2S. The molecule has 14 heavy (non-hydrogen) atoms. The second-order valence-electron chi connectivity index (χ2n) is 3.07. The van der Waals surface area contributed by atoms with Crippen LogP contribution in [0.2, 0.25) is 0 Å². The molecule has 0 aliphatic rings. The molecule has 1 aromatic carbocycles. The highest BCUT2D eigenvalue weighted by Gasteiger charge is 2.21. The van der Waals surface area contributed by atoms with Crippen molar-refractivity contribution in [1.82, 2.24) is 0 Å². The van der Waals surface area contributed by atoms with Crippen molar-refractivity contribution in [3.05, 3.63) is 35.9 Å². The van der Waals surface area contributed by atoms with Crippen molar-refractivity contribution in [2.75, 3.05) is 6.54 Å². The zero-order chi connectivity index (χ0) is 10.6. The fourth-order valence-electron chi connectivity index (χ4n) is 1.34. The van der Waals surface area contributed by atoms with Gasteiger partial charge in [-0.25, -0.2) is 13.6 Å². The van der Waals surface area contributed by atoms with Gasteiger partial charge in [0.25, 0.3) is 0 Å². The Hall–Kier alpha value is -0.910. The van der Waals surface area contributed by atoms with Gasteiger partial charge in [0.2, 0.25) is 10.0 Å². The van der Waals surface area contributed by atoms with Crippen LogP contribution in [-0.4, -0.2) is 15.0 Å². The van der Waals surface area contributed by atoms with Gasteiger partial charge < -0.3 is 5.73 Å². The van der Waals surface area contributed by atoms with Crippen molar-refractivity contribution in [3.8, 4) is 0 Å². The van der Waals surface area contributed by atoms with Crippen LogP contribution in [0.3, 0.4) is 0 Å². The Morgan fingerprint density at radius 3 is 2.21 bits per heavy atom. The molecule has 1 aromatic rings. The first-order chi connectivity index (χ1) is 6.55. The molecule has 0 radical (unpaired) electrons. The summed E-state index contributed by atoms with van der Waals surface area (Å²) in [5.41, 5.74) is 6.04. The number of hydrogen-bond acceptors (Lipinski definition) is 3. The fourth-order valence-corrected chi connectivity index (χ4v) is 2.34. The van der Waals surface area contributed by atoms with E-state index >= 15 is 0 Å². The van der Waals surface area contributed by atoms with Gasteiger partial charge in [0.15, 0.2) is 0 Å². The molecule has 0 amide bonds. The Morgan fingerprint density at radius 1 is 1.21 bits per heavy atom. The molecule has 0 saturated heterocycles. The summed E-state index contributed by atoms with van der Waals surface area (Å²) < 4.78 is 22.5. The number of benzene rings is 1. The Balaban J connectivity index is 3.02. The number of nitrogens with two attached hydrogens (primary N) is 2. The summed E-state index contributed by atoms with van der Waals surface area (Å²) in [5.74, 6) is 0. The normalized spacial score (nSPS) is 13.9. The molecule has 0 saturated carbocycles. The van der Waals surface area contributed by atoms with Gasteiger partial charge in [-0.15, -0.1) is 0 Å². The lowest BCUT2D eigenvalue weighted by atomic mass is 10.1. The first-order valence-corrected chi connectivity index (χ1v) is 5.93. The van der Waals surface area contributed by atoms with Crippen LogP contribution < -0.4 is 10.9 Å². The van der Waals surface area contributed by atoms with Crippen LogP contribution in [0.5, 0.6) is 0 Å². The minimum Gasteiger partial charge on any atom is -0.330 e. The highest BCUT2D eigenvalue weighted by atomic mass is 32.2. The topological polar surface area (TPSA) is 86.2 Å². The van der Waals surface area contributed by atoms with Crippen LogP contribution >= 0.6 is 0 Å². The molecule has 0 bridgehead atoms. The van der Waals surface area contributed by atoms with E-state index in [0.29, 0.717) is 18.5 Å². The molecule has 0 heterocycles. The van der Waals surface area contributed by atoms with Crippen LogP contribution in [0.4, 0.5) is 0 Å². The third-order valence-electron chi connectivity index (χ3n) is 2.00. The molecule has 0 aliphatic heterocycles. The SMILES string of the molecule is NCCC(c1ccccc1)S(N)(=O)=O. The van der Waals surface area contributed by atoms with Crippen molar-refractivity contribution < 1.29 is 8.42 Å². The summed E-state index contributed by atoms with van der Waals surface area (Å²) in [6, 6.07) is 8.87. The number of hydrogen-bond donors (Lipinski definition) is 2. The molecule has 78 valence electrons. The molecule has 1 unspecified atom stereocenters. The average Bonchev–Trinajstić information content (AvgIpc) is 2.14. The average molecular weight is 214 g/mol. The highest BCUT2D eigenvalue weighted by molar-refractivity contribution is 7.89. The summed E-state index contributed by atoms with van der Waals surface area (Å²) in [5, 5.41) is 4.43. The minimum atomic E-state index is -3.56. The van der Waals surface area contributed by atoms with Crippen molar-refractivity contribution >= 4 is 10.0 Å². The van der Waals surface area contributed by atoms with Crippen LogP contribution in [0, 0.1) is 0 Å². The van der Waals surface area contributed by atoms with E-state index < -0.39 is 15.3 Å².